The standard InChI is InChI=1S/C26H26BrCl2N3O4S/c1-30-26(34)24(14-18-7-4-3-5-8-18)31(16-19-9-6-10-20(27)13-19)25(33)17-32(37(2,35)36)23-12-11-21(28)15-22(23)29/h3-13,15,24H,14,16-17H2,1-2H3,(H,30,34)/t24-/m0/s1. The van der Waals surface area contributed by atoms with Gasteiger partial charge in [-0.3, -0.25) is 13.9 Å². The molecule has 7 nitrogen and oxygen atoms in total. The van der Waals surface area contributed by atoms with Crippen molar-refractivity contribution in [2.45, 2.75) is 19.0 Å². The lowest BCUT2D eigenvalue weighted by molar-refractivity contribution is -0.139. The number of rotatable bonds is 10. The summed E-state index contributed by atoms with van der Waals surface area (Å²) in [5, 5.41) is 3.04. The zero-order chi connectivity index (χ0) is 27.2. The Morgan fingerprint density at radius 2 is 1.65 bits per heavy atom. The first-order chi connectivity index (χ1) is 17.5. The molecule has 0 fully saturated rings. The van der Waals surface area contributed by atoms with Crippen LogP contribution >= 0.6 is 39.1 Å². The molecule has 0 aromatic heterocycles. The van der Waals surface area contributed by atoms with Gasteiger partial charge in [0.1, 0.15) is 12.6 Å². The van der Waals surface area contributed by atoms with Gasteiger partial charge < -0.3 is 10.2 Å². The number of hydrogen-bond acceptors (Lipinski definition) is 4. The topological polar surface area (TPSA) is 86.8 Å². The number of sulfonamides is 1. The number of benzene rings is 3. The van der Waals surface area contributed by atoms with Crippen LogP contribution in [0.2, 0.25) is 10.0 Å². The van der Waals surface area contributed by atoms with Gasteiger partial charge in [0, 0.05) is 29.5 Å². The van der Waals surface area contributed by atoms with Crippen molar-refractivity contribution >= 4 is 66.7 Å². The molecule has 11 heteroatoms. The Morgan fingerprint density at radius 3 is 2.24 bits per heavy atom. The summed E-state index contributed by atoms with van der Waals surface area (Å²) in [6, 6.07) is 20.1. The van der Waals surface area contributed by atoms with Gasteiger partial charge in [-0.05, 0) is 41.5 Å². The van der Waals surface area contributed by atoms with E-state index in [4.69, 9.17) is 23.2 Å². The lowest BCUT2D eigenvalue weighted by Gasteiger charge is -2.33. The van der Waals surface area contributed by atoms with Gasteiger partial charge in [0.15, 0.2) is 0 Å². The van der Waals surface area contributed by atoms with E-state index in [2.05, 4.69) is 21.2 Å². The summed E-state index contributed by atoms with van der Waals surface area (Å²) < 4.78 is 27.2. The minimum atomic E-state index is -3.92. The van der Waals surface area contributed by atoms with E-state index in [0.717, 1.165) is 26.2 Å². The van der Waals surface area contributed by atoms with E-state index >= 15 is 0 Å². The normalized spacial score (nSPS) is 12.0. The summed E-state index contributed by atoms with van der Waals surface area (Å²) in [4.78, 5) is 28.3. The van der Waals surface area contributed by atoms with Crippen molar-refractivity contribution in [1.82, 2.24) is 10.2 Å². The van der Waals surface area contributed by atoms with Crippen LogP contribution in [-0.2, 0) is 32.6 Å². The maximum Gasteiger partial charge on any atom is 0.244 e. The molecule has 3 rings (SSSR count). The largest absolute Gasteiger partial charge is 0.357 e. The number of halogens is 3. The van der Waals surface area contributed by atoms with Gasteiger partial charge in [0.2, 0.25) is 21.8 Å². The van der Waals surface area contributed by atoms with Crippen molar-refractivity contribution in [3.63, 3.8) is 0 Å². The number of carbonyl (C=O) groups is 2. The summed E-state index contributed by atoms with van der Waals surface area (Å²) in [6.45, 7) is -0.481. The van der Waals surface area contributed by atoms with Gasteiger partial charge in [-0.1, -0.05) is 81.6 Å². The molecule has 0 heterocycles. The first-order valence-corrected chi connectivity index (χ1v) is 14.6. The molecule has 0 radical (unpaired) electrons. The Hall–Kier alpha value is -2.59. The van der Waals surface area contributed by atoms with Crippen LogP contribution in [0.1, 0.15) is 11.1 Å². The molecule has 37 heavy (non-hydrogen) atoms. The fourth-order valence-corrected chi connectivity index (χ4v) is 5.70. The van der Waals surface area contributed by atoms with Crippen LogP contribution in [0.15, 0.2) is 77.3 Å². The molecule has 2 amide bonds. The van der Waals surface area contributed by atoms with Crippen LogP contribution in [0, 0.1) is 0 Å². The number of likely N-dealkylation sites (N-methyl/N-ethyl adjacent to an activating group) is 1. The van der Waals surface area contributed by atoms with Crippen molar-refractivity contribution in [2.75, 3.05) is 24.2 Å². The average Bonchev–Trinajstić information content (AvgIpc) is 2.84. The highest BCUT2D eigenvalue weighted by molar-refractivity contribution is 9.10. The van der Waals surface area contributed by atoms with Crippen LogP contribution in [0.25, 0.3) is 0 Å². The lowest BCUT2D eigenvalue weighted by atomic mass is 10.0. The molecule has 0 aliphatic rings. The predicted molar refractivity (Wildman–Crippen MR) is 151 cm³/mol. The SMILES string of the molecule is CNC(=O)[C@H](Cc1ccccc1)N(Cc1cccc(Br)c1)C(=O)CN(c1ccc(Cl)cc1Cl)S(C)(=O)=O. The second-order valence-electron chi connectivity index (χ2n) is 8.34. The third-order valence-corrected chi connectivity index (χ3v) is 7.77. The third-order valence-electron chi connectivity index (χ3n) is 5.62. The predicted octanol–water partition coefficient (Wildman–Crippen LogP) is 4.91. The van der Waals surface area contributed by atoms with Crippen molar-refractivity contribution in [1.29, 1.82) is 0 Å². The quantitative estimate of drug-likeness (QED) is 0.347. The Labute approximate surface area is 235 Å². The van der Waals surface area contributed by atoms with Gasteiger partial charge in [0.25, 0.3) is 0 Å². The summed E-state index contributed by atoms with van der Waals surface area (Å²) in [6.07, 6.45) is 1.23. The molecule has 0 aliphatic heterocycles. The number of amides is 2. The maximum atomic E-state index is 13.9. The van der Waals surface area contributed by atoms with Crippen LogP contribution in [-0.4, -0.2) is 51.0 Å². The second-order valence-corrected chi connectivity index (χ2v) is 12.0. The number of nitrogens with zero attached hydrogens (tertiary/aromatic N) is 2. The first kappa shape index (κ1) is 29.0. The first-order valence-electron chi connectivity index (χ1n) is 11.2. The molecule has 0 saturated carbocycles. The lowest BCUT2D eigenvalue weighted by Crippen LogP contribution is -2.52. The van der Waals surface area contributed by atoms with E-state index in [-0.39, 0.29) is 29.6 Å². The Morgan fingerprint density at radius 1 is 0.973 bits per heavy atom. The molecule has 3 aromatic carbocycles. The molecular weight excluding hydrogens is 601 g/mol. The van der Waals surface area contributed by atoms with E-state index in [1.807, 2.05) is 54.6 Å². The van der Waals surface area contributed by atoms with Crippen LogP contribution < -0.4 is 9.62 Å². The highest BCUT2D eigenvalue weighted by Gasteiger charge is 2.33. The molecule has 1 atom stereocenters. The van der Waals surface area contributed by atoms with Gasteiger partial charge in [-0.2, -0.15) is 0 Å². The minimum absolute atomic E-state index is 0.0785. The van der Waals surface area contributed by atoms with Crippen molar-refractivity contribution in [3.05, 3.63) is 98.4 Å². The Balaban J connectivity index is 2.05. The zero-order valence-corrected chi connectivity index (χ0v) is 24.1. The molecule has 196 valence electrons. The molecule has 1 N–H and O–H groups in total. The zero-order valence-electron chi connectivity index (χ0n) is 20.2. The fraction of sp³-hybridized carbons (Fsp3) is 0.231. The van der Waals surface area contributed by atoms with Gasteiger partial charge >= 0.3 is 0 Å². The van der Waals surface area contributed by atoms with Gasteiger partial charge in [-0.15, -0.1) is 0 Å². The molecule has 0 saturated heterocycles. The third kappa shape index (κ3) is 7.95. The van der Waals surface area contributed by atoms with Crippen molar-refractivity contribution in [2.24, 2.45) is 0 Å². The van der Waals surface area contributed by atoms with Crippen LogP contribution in [0.4, 0.5) is 5.69 Å². The average molecular weight is 627 g/mol. The summed E-state index contributed by atoms with van der Waals surface area (Å²) >= 11 is 15.7. The van der Waals surface area contributed by atoms with E-state index < -0.39 is 28.5 Å². The molecule has 3 aromatic rings. The smallest absolute Gasteiger partial charge is 0.244 e. The van der Waals surface area contributed by atoms with E-state index in [1.165, 1.54) is 30.1 Å². The second kappa shape index (κ2) is 12.8. The summed E-state index contributed by atoms with van der Waals surface area (Å²) in [5.41, 5.74) is 1.73. The van der Waals surface area contributed by atoms with Crippen LogP contribution in [0.5, 0.6) is 0 Å². The monoisotopic (exact) mass is 625 g/mol. The molecule has 0 aliphatic carbocycles. The maximum absolute atomic E-state index is 13.9. The van der Waals surface area contributed by atoms with Crippen LogP contribution in [0.3, 0.4) is 0 Å². The summed E-state index contributed by atoms with van der Waals surface area (Å²) in [5.74, 6) is -0.941. The minimum Gasteiger partial charge on any atom is -0.357 e. The molecule has 0 unspecified atom stereocenters. The van der Waals surface area contributed by atoms with E-state index in [1.54, 1.807) is 0 Å². The number of carbonyl (C=O) groups excluding carboxylic acids is 2. The van der Waals surface area contributed by atoms with Gasteiger partial charge in [0.05, 0.1) is 17.0 Å². The molecule has 0 spiro atoms. The molecular formula is C26H26BrCl2N3O4S. The highest BCUT2D eigenvalue weighted by Crippen LogP contribution is 2.30. The number of hydrogen-bond donors (Lipinski definition) is 1. The van der Waals surface area contributed by atoms with Crippen molar-refractivity contribution in [3.8, 4) is 0 Å². The number of anilines is 1. The molecule has 0 bridgehead atoms. The van der Waals surface area contributed by atoms with E-state index in [0.29, 0.717) is 5.02 Å². The van der Waals surface area contributed by atoms with E-state index in [9.17, 15) is 18.0 Å². The number of nitrogens with one attached hydrogen (secondary N) is 1. The van der Waals surface area contributed by atoms with Gasteiger partial charge in [-0.25, -0.2) is 8.42 Å². The summed E-state index contributed by atoms with van der Waals surface area (Å²) in [7, 11) is -2.42. The fourth-order valence-electron chi connectivity index (χ4n) is 3.83. The Bertz CT molecular complexity index is 1370. The van der Waals surface area contributed by atoms with Crippen molar-refractivity contribution < 1.29 is 18.0 Å². The Kier molecular flexibility index (Phi) is 10.0. The highest BCUT2D eigenvalue weighted by atomic mass is 79.9.